The fraction of sp³-hybridized carbons (Fsp3) is 0.667. The summed E-state index contributed by atoms with van der Waals surface area (Å²) in [7, 11) is -7.35. The highest BCUT2D eigenvalue weighted by Crippen LogP contribution is 2.16. The SMILES string of the molecule is O=C1NCCCCCCCCCCCCCCNC(=O)c2cccc(c2)S(=O)(=O)NCCCCCCCCCCCCCCNS(=O)(=O)c2cccc1c2. The monoisotopic (exact) mass is 788 g/mol. The Morgan fingerprint density at radius 1 is 0.352 bits per heavy atom. The number of hydrogen-bond donors (Lipinski definition) is 4. The van der Waals surface area contributed by atoms with Crippen molar-refractivity contribution in [3.63, 3.8) is 0 Å². The largest absolute Gasteiger partial charge is 0.352 e. The minimum atomic E-state index is -3.68. The summed E-state index contributed by atoms with van der Waals surface area (Å²) < 4.78 is 56.9. The van der Waals surface area contributed by atoms with E-state index in [1.54, 1.807) is 24.3 Å². The summed E-state index contributed by atoms with van der Waals surface area (Å²) in [6.07, 6.45) is 26.1. The molecule has 2 aromatic carbocycles. The molecule has 2 aromatic rings. The van der Waals surface area contributed by atoms with E-state index in [0.29, 0.717) is 37.3 Å². The zero-order valence-corrected chi connectivity index (χ0v) is 34.3. The van der Waals surface area contributed by atoms with Crippen molar-refractivity contribution in [3.05, 3.63) is 59.7 Å². The number of amides is 2. The highest BCUT2D eigenvalue weighted by atomic mass is 32.2. The van der Waals surface area contributed by atoms with Gasteiger partial charge in [0, 0.05) is 37.3 Å². The summed E-state index contributed by atoms with van der Waals surface area (Å²) in [6, 6.07) is 12.6. The lowest BCUT2D eigenvalue weighted by Crippen LogP contribution is -2.27. The van der Waals surface area contributed by atoms with Crippen molar-refractivity contribution in [2.24, 2.45) is 0 Å². The molecule has 0 unspecified atom stereocenters. The van der Waals surface area contributed by atoms with Crippen molar-refractivity contribution in [2.75, 3.05) is 26.2 Å². The van der Waals surface area contributed by atoms with E-state index in [1.807, 2.05) is 0 Å². The number of sulfonamides is 2. The highest BCUT2D eigenvalue weighted by Gasteiger charge is 2.17. The van der Waals surface area contributed by atoms with Crippen LogP contribution in [0.4, 0.5) is 0 Å². The molecule has 1 aliphatic rings. The maximum absolute atomic E-state index is 12.9. The zero-order chi connectivity index (χ0) is 38.7. The number of carbonyl (C=O) groups excluding carboxylic acids is 2. The second kappa shape index (κ2) is 26.9. The lowest BCUT2D eigenvalue weighted by Gasteiger charge is -2.10. The van der Waals surface area contributed by atoms with E-state index in [0.717, 1.165) is 89.9 Å². The fourth-order valence-electron chi connectivity index (χ4n) is 6.83. The average molecular weight is 789 g/mol. The first-order valence-electron chi connectivity index (χ1n) is 20.9. The third-order valence-corrected chi connectivity index (χ3v) is 13.1. The number of hydrogen-bond acceptors (Lipinski definition) is 6. The van der Waals surface area contributed by atoms with Crippen LogP contribution in [0.2, 0.25) is 0 Å². The van der Waals surface area contributed by atoms with Crippen LogP contribution in [0.1, 0.15) is 175 Å². The molecule has 10 nitrogen and oxygen atoms in total. The summed E-state index contributed by atoms with van der Waals surface area (Å²) >= 11 is 0. The van der Waals surface area contributed by atoms with E-state index in [1.165, 1.54) is 88.5 Å². The maximum atomic E-state index is 12.9. The van der Waals surface area contributed by atoms with Gasteiger partial charge in [0.15, 0.2) is 0 Å². The predicted molar refractivity (Wildman–Crippen MR) is 219 cm³/mol. The summed E-state index contributed by atoms with van der Waals surface area (Å²) in [6.45, 7) is 1.91. The van der Waals surface area contributed by atoms with Crippen molar-refractivity contribution in [3.8, 4) is 0 Å². The second-order valence-electron chi connectivity index (χ2n) is 14.8. The van der Waals surface area contributed by atoms with Gasteiger partial charge in [-0.25, -0.2) is 26.3 Å². The first kappa shape index (κ1) is 45.6. The molecule has 0 aliphatic carbocycles. The molecule has 304 valence electrons. The van der Waals surface area contributed by atoms with Gasteiger partial charge in [-0.15, -0.1) is 0 Å². The quantitative estimate of drug-likeness (QED) is 0.210. The highest BCUT2D eigenvalue weighted by molar-refractivity contribution is 7.89. The maximum Gasteiger partial charge on any atom is 0.251 e. The van der Waals surface area contributed by atoms with E-state index in [4.69, 9.17) is 0 Å². The normalized spacial score (nSPS) is 21.6. The molecule has 12 heteroatoms. The second-order valence-corrected chi connectivity index (χ2v) is 18.4. The van der Waals surface area contributed by atoms with Crippen molar-refractivity contribution >= 4 is 31.9 Å². The zero-order valence-electron chi connectivity index (χ0n) is 32.7. The van der Waals surface area contributed by atoms with Crippen LogP contribution in [-0.4, -0.2) is 54.8 Å². The summed E-state index contributed by atoms with van der Waals surface area (Å²) in [5.41, 5.74) is 0.724. The lowest BCUT2D eigenvalue weighted by atomic mass is 10.1. The Morgan fingerprint density at radius 2 is 0.611 bits per heavy atom. The Kier molecular flexibility index (Phi) is 22.7. The van der Waals surface area contributed by atoms with Crippen molar-refractivity contribution in [1.29, 1.82) is 0 Å². The van der Waals surface area contributed by atoms with Crippen LogP contribution in [0.3, 0.4) is 0 Å². The molecule has 0 fully saturated rings. The van der Waals surface area contributed by atoms with Crippen LogP contribution in [0.15, 0.2) is 58.3 Å². The van der Waals surface area contributed by atoms with Gasteiger partial charge in [-0.3, -0.25) is 9.59 Å². The van der Waals surface area contributed by atoms with Crippen molar-refractivity contribution < 1.29 is 26.4 Å². The Morgan fingerprint density at radius 3 is 0.907 bits per heavy atom. The minimum Gasteiger partial charge on any atom is -0.352 e. The minimum absolute atomic E-state index is 0.122. The van der Waals surface area contributed by atoms with E-state index >= 15 is 0 Å². The first-order chi connectivity index (χ1) is 26.2. The molecule has 2 amide bonds. The van der Waals surface area contributed by atoms with Crippen LogP contribution in [0.25, 0.3) is 0 Å². The molecule has 0 spiro atoms. The van der Waals surface area contributed by atoms with E-state index in [9.17, 15) is 26.4 Å². The van der Waals surface area contributed by atoms with E-state index in [-0.39, 0.29) is 21.6 Å². The van der Waals surface area contributed by atoms with Crippen LogP contribution < -0.4 is 20.1 Å². The molecule has 0 atom stereocenters. The summed E-state index contributed by atoms with van der Waals surface area (Å²) in [5.74, 6) is -0.482. The Hall–Kier alpha value is -2.80. The van der Waals surface area contributed by atoms with Crippen molar-refractivity contribution in [2.45, 2.75) is 164 Å². The fourth-order valence-corrected chi connectivity index (χ4v) is 9.07. The molecule has 0 radical (unpaired) electrons. The van der Waals surface area contributed by atoms with Crippen LogP contribution in [-0.2, 0) is 20.0 Å². The number of fused-ring (bicyclic) bond motifs is 4. The summed E-state index contributed by atoms with van der Waals surface area (Å²) in [5, 5.41) is 5.88. The van der Waals surface area contributed by atoms with E-state index < -0.39 is 20.0 Å². The topological polar surface area (TPSA) is 151 Å². The predicted octanol–water partition coefficient (Wildman–Crippen LogP) is 8.78. The number of rotatable bonds is 0. The van der Waals surface area contributed by atoms with Gasteiger partial charge in [0.1, 0.15) is 0 Å². The van der Waals surface area contributed by atoms with Crippen LogP contribution in [0, 0.1) is 0 Å². The van der Waals surface area contributed by atoms with Gasteiger partial charge in [0.2, 0.25) is 20.0 Å². The first-order valence-corrected chi connectivity index (χ1v) is 23.9. The Balaban J connectivity index is 1.40. The number of benzene rings is 2. The molecule has 1 heterocycles. The van der Waals surface area contributed by atoms with Crippen LogP contribution >= 0.6 is 0 Å². The molecule has 54 heavy (non-hydrogen) atoms. The van der Waals surface area contributed by atoms with Gasteiger partial charge in [0.25, 0.3) is 11.8 Å². The lowest BCUT2D eigenvalue weighted by molar-refractivity contribution is 0.0944. The van der Waals surface area contributed by atoms with E-state index in [2.05, 4.69) is 20.1 Å². The average Bonchev–Trinajstić information content (AvgIpc) is 3.17. The van der Waals surface area contributed by atoms with Crippen LogP contribution in [0.5, 0.6) is 0 Å². The van der Waals surface area contributed by atoms with Gasteiger partial charge in [-0.1, -0.05) is 141 Å². The number of carbonyl (C=O) groups is 2. The molecule has 4 bridgehead atoms. The van der Waals surface area contributed by atoms with Crippen molar-refractivity contribution in [1.82, 2.24) is 20.1 Å². The summed E-state index contributed by atoms with van der Waals surface area (Å²) in [4.78, 5) is 25.7. The molecule has 0 aromatic heterocycles. The van der Waals surface area contributed by atoms with Gasteiger partial charge in [0.05, 0.1) is 9.79 Å². The Bertz CT molecular complexity index is 1470. The number of nitrogens with one attached hydrogen (secondary N) is 4. The standard InChI is InChI=1S/C42H68N4O6S2/c47-41-37-27-25-29-39(35-37)53(49,50)45-33-23-19-15-11-7-3-4-8-12-16-20-24-34-46-54(51,52)40-30-26-28-38(36-40)42(48)44-32-22-18-14-10-6-2-1-5-9-13-17-21-31-43-41/h25-30,35-36,45-46H,1-24,31-34H2,(H,43,47)(H,44,48). The van der Waals surface area contributed by atoms with Gasteiger partial charge >= 0.3 is 0 Å². The molecular formula is C42H68N4O6S2. The van der Waals surface area contributed by atoms with Gasteiger partial charge in [-0.05, 0) is 62.1 Å². The molecule has 0 saturated carbocycles. The third kappa shape index (κ3) is 19.2. The molecule has 4 N–H and O–H groups in total. The molecule has 1 aliphatic heterocycles. The molecule has 3 rings (SSSR count). The molecular weight excluding hydrogens is 721 g/mol. The third-order valence-electron chi connectivity index (χ3n) is 10.2. The molecule has 0 saturated heterocycles. The van der Waals surface area contributed by atoms with Gasteiger partial charge < -0.3 is 10.6 Å². The smallest absolute Gasteiger partial charge is 0.251 e. The Labute approximate surface area is 326 Å². The van der Waals surface area contributed by atoms with Gasteiger partial charge in [-0.2, -0.15) is 0 Å².